The lowest BCUT2D eigenvalue weighted by Gasteiger charge is -2.30. The first-order valence-corrected chi connectivity index (χ1v) is 5.72. The van der Waals surface area contributed by atoms with E-state index in [1.807, 2.05) is 0 Å². The minimum absolute atomic E-state index is 0.157. The SMILES string of the molecule is CC1(C(=O)N2CCC[C@H]2C(=O)O)CCCO1. The first-order chi connectivity index (χ1) is 7.54. The highest BCUT2D eigenvalue weighted by Gasteiger charge is 2.45. The van der Waals surface area contributed by atoms with Gasteiger partial charge < -0.3 is 14.7 Å². The van der Waals surface area contributed by atoms with Crippen molar-refractivity contribution in [1.82, 2.24) is 4.90 Å². The average Bonchev–Trinajstić information content (AvgIpc) is 2.85. The second kappa shape index (κ2) is 4.05. The van der Waals surface area contributed by atoms with E-state index in [0.29, 0.717) is 26.0 Å². The van der Waals surface area contributed by atoms with Crippen molar-refractivity contribution < 1.29 is 19.4 Å². The number of hydrogen-bond acceptors (Lipinski definition) is 3. The van der Waals surface area contributed by atoms with Gasteiger partial charge in [0, 0.05) is 13.2 Å². The first-order valence-electron chi connectivity index (χ1n) is 5.72. The molecule has 16 heavy (non-hydrogen) atoms. The molecule has 1 N–H and O–H groups in total. The minimum Gasteiger partial charge on any atom is -0.480 e. The topological polar surface area (TPSA) is 66.8 Å². The molecule has 2 fully saturated rings. The van der Waals surface area contributed by atoms with Crippen LogP contribution in [0.1, 0.15) is 32.6 Å². The van der Waals surface area contributed by atoms with Crippen LogP contribution in [-0.4, -0.2) is 46.7 Å². The molecule has 2 aliphatic rings. The Morgan fingerprint density at radius 2 is 2.19 bits per heavy atom. The molecule has 2 saturated heterocycles. The van der Waals surface area contributed by atoms with Gasteiger partial charge in [0.1, 0.15) is 11.6 Å². The molecule has 2 rings (SSSR count). The van der Waals surface area contributed by atoms with E-state index in [1.165, 1.54) is 4.90 Å². The molecule has 5 nitrogen and oxygen atoms in total. The predicted octanol–water partition coefficient (Wildman–Crippen LogP) is 0.631. The van der Waals surface area contributed by atoms with Crippen molar-refractivity contribution in [3.8, 4) is 0 Å². The number of rotatable bonds is 2. The maximum atomic E-state index is 12.2. The van der Waals surface area contributed by atoms with E-state index in [1.54, 1.807) is 6.92 Å². The molecular weight excluding hydrogens is 210 g/mol. The molecule has 2 aliphatic heterocycles. The van der Waals surface area contributed by atoms with Crippen molar-refractivity contribution in [2.45, 2.75) is 44.2 Å². The number of carboxylic acid groups (broad SMARTS) is 1. The van der Waals surface area contributed by atoms with E-state index in [4.69, 9.17) is 9.84 Å². The van der Waals surface area contributed by atoms with Crippen molar-refractivity contribution in [1.29, 1.82) is 0 Å². The Morgan fingerprint density at radius 3 is 2.75 bits per heavy atom. The lowest BCUT2D eigenvalue weighted by molar-refractivity contribution is -0.158. The van der Waals surface area contributed by atoms with E-state index in [9.17, 15) is 9.59 Å². The van der Waals surface area contributed by atoms with Gasteiger partial charge in [-0.1, -0.05) is 0 Å². The summed E-state index contributed by atoms with van der Waals surface area (Å²) in [7, 11) is 0. The highest BCUT2D eigenvalue weighted by Crippen LogP contribution is 2.30. The fraction of sp³-hybridized carbons (Fsp3) is 0.818. The molecule has 0 bridgehead atoms. The van der Waals surface area contributed by atoms with E-state index >= 15 is 0 Å². The predicted molar refractivity (Wildman–Crippen MR) is 56.0 cm³/mol. The lowest BCUT2D eigenvalue weighted by Crippen LogP contribution is -2.50. The van der Waals surface area contributed by atoms with Gasteiger partial charge in [-0.05, 0) is 32.6 Å². The van der Waals surface area contributed by atoms with Crippen LogP contribution in [0.4, 0.5) is 0 Å². The molecule has 2 heterocycles. The summed E-state index contributed by atoms with van der Waals surface area (Å²) in [5.74, 6) is -1.07. The Kier molecular flexibility index (Phi) is 2.88. The van der Waals surface area contributed by atoms with Crippen molar-refractivity contribution in [2.75, 3.05) is 13.2 Å². The van der Waals surface area contributed by atoms with Crippen LogP contribution in [0.5, 0.6) is 0 Å². The zero-order valence-electron chi connectivity index (χ0n) is 9.44. The molecule has 1 unspecified atom stereocenters. The average molecular weight is 227 g/mol. The molecule has 0 radical (unpaired) electrons. The smallest absolute Gasteiger partial charge is 0.326 e. The van der Waals surface area contributed by atoms with E-state index in [0.717, 1.165) is 12.8 Å². The van der Waals surface area contributed by atoms with Gasteiger partial charge in [0.15, 0.2) is 0 Å². The number of ether oxygens (including phenoxy) is 1. The molecule has 2 atom stereocenters. The van der Waals surface area contributed by atoms with E-state index in [-0.39, 0.29) is 5.91 Å². The van der Waals surface area contributed by atoms with Crippen LogP contribution in [0.3, 0.4) is 0 Å². The second-order valence-corrected chi connectivity index (χ2v) is 4.68. The summed E-state index contributed by atoms with van der Waals surface area (Å²) in [5, 5.41) is 9.02. The quantitative estimate of drug-likeness (QED) is 0.751. The summed E-state index contributed by atoms with van der Waals surface area (Å²) in [5.41, 5.74) is -0.794. The zero-order valence-corrected chi connectivity index (χ0v) is 9.44. The second-order valence-electron chi connectivity index (χ2n) is 4.68. The van der Waals surface area contributed by atoms with Crippen molar-refractivity contribution in [2.24, 2.45) is 0 Å². The molecular formula is C11H17NO4. The third-order valence-electron chi connectivity index (χ3n) is 3.47. The number of likely N-dealkylation sites (tertiary alicyclic amines) is 1. The summed E-state index contributed by atoms with van der Waals surface area (Å²) in [6.07, 6.45) is 2.87. The lowest BCUT2D eigenvalue weighted by atomic mass is 10.0. The number of aliphatic carboxylic acids is 1. The number of carboxylic acids is 1. The van der Waals surface area contributed by atoms with Gasteiger partial charge in [-0.2, -0.15) is 0 Å². The van der Waals surface area contributed by atoms with Crippen LogP contribution in [0.15, 0.2) is 0 Å². The summed E-state index contributed by atoms with van der Waals surface area (Å²) in [6, 6.07) is -0.659. The molecule has 0 aromatic carbocycles. The minimum atomic E-state index is -0.910. The number of hydrogen-bond donors (Lipinski definition) is 1. The third kappa shape index (κ3) is 1.80. The van der Waals surface area contributed by atoms with Crippen molar-refractivity contribution in [3.05, 3.63) is 0 Å². The molecule has 0 aromatic heterocycles. The third-order valence-corrected chi connectivity index (χ3v) is 3.47. The fourth-order valence-corrected chi connectivity index (χ4v) is 2.52. The van der Waals surface area contributed by atoms with Gasteiger partial charge in [-0.25, -0.2) is 4.79 Å². The van der Waals surface area contributed by atoms with Gasteiger partial charge in [0.05, 0.1) is 0 Å². The van der Waals surface area contributed by atoms with Crippen LogP contribution in [-0.2, 0) is 14.3 Å². The van der Waals surface area contributed by atoms with Crippen LogP contribution in [0.2, 0.25) is 0 Å². The van der Waals surface area contributed by atoms with Crippen LogP contribution < -0.4 is 0 Å². The molecule has 90 valence electrons. The Bertz CT molecular complexity index is 309. The van der Waals surface area contributed by atoms with Gasteiger partial charge in [-0.3, -0.25) is 4.79 Å². The molecule has 0 saturated carbocycles. The van der Waals surface area contributed by atoms with Gasteiger partial charge >= 0.3 is 5.97 Å². The summed E-state index contributed by atoms with van der Waals surface area (Å²) in [4.78, 5) is 24.7. The standard InChI is InChI=1S/C11H17NO4/c1-11(5-3-7-16-11)10(15)12-6-2-4-8(12)9(13)14/h8H,2-7H2,1H3,(H,13,14)/t8-,11?/m0/s1. The maximum absolute atomic E-state index is 12.2. The van der Waals surface area contributed by atoms with E-state index < -0.39 is 17.6 Å². The van der Waals surface area contributed by atoms with Crippen molar-refractivity contribution in [3.63, 3.8) is 0 Å². The number of carbonyl (C=O) groups is 2. The molecule has 0 aliphatic carbocycles. The highest BCUT2D eigenvalue weighted by molar-refractivity contribution is 5.89. The zero-order chi connectivity index (χ0) is 11.8. The first kappa shape index (κ1) is 11.4. The number of nitrogens with zero attached hydrogens (tertiary/aromatic N) is 1. The van der Waals surface area contributed by atoms with E-state index in [2.05, 4.69) is 0 Å². The molecule has 0 spiro atoms. The Labute approximate surface area is 94.4 Å². The Hall–Kier alpha value is -1.10. The number of carbonyl (C=O) groups excluding carboxylic acids is 1. The molecule has 1 amide bonds. The fourth-order valence-electron chi connectivity index (χ4n) is 2.52. The van der Waals surface area contributed by atoms with Gasteiger partial charge in [0.25, 0.3) is 5.91 Å². The highest BCUT2D eigenvalue weighted by atomic mass is 16.5. The Morgan fingerprint density at radius 1 is 1.44 bits per heavy atom. The maximum Gasteiger partial charge on any atom is 0.326 e. The normalized spacial score (nSPS) is 34.3. The largest absolute Gasteiger partial charge is 0.480 e. The van der Waals surface area contributed by atoms with Crippen molar-refractivity contribution >= 4 is 11.9 Å². The monoisotopic (exact) mass is 227 g/mol. The summed E-state index contributed by atoms with van der Waals surface area (Å²) in [6.45, 7) is 2.89. The van der Waals surface area contributed by atoms with Crippen LogP contribution >= 0.6 is 0 Å². The van der Waals surface area contributed by atoms with Gasteiger partial charge in [0.2, 0.25) is 0 Å². The van der Waals surface area contributed by atoms with Gasteiger partial charge in [-0.15, -0.1) is 0 Å². The molecule has 5 heteroatoms. The summed E-state index contributed by atoms with van der Waals surface area (Å²) >= 11 is 0. The van der Waals surface area contributed by atoms with Crippen LogP contribution in [0.25, 0.3) is 0 Å². The molecule has 0 aromatic rings. The summed E-state index contributed by atoms with van der Waals surface area (Å²) < 4.78 is 5.46. The Balaban J connectivity index is 2.12. The number of amides is 1. The van der Waals surface area contributed by atoms with Crippen LogP contribution in [0, 0.1) is 0 Å².